The predicted molar refractivity (Wildman–Crippen MR) is 119 cm³/mol. The van der Waals surface area contributed by atoms with Crippen molar-refractivity contribution in [2.24, 2.45) is 0 Å². The molecular weight excluding hydrogens is 378 g/mol. The number of hydrogen-bond donors (Lipinski definition) is 1. The van der Waals surface area contributed by atoms with Crippen molar-refractivity contribution in [1.29, 1.82) is 5.41 Å². The molecule has 0 atom stereocenters. The Morgan fingerprint density at radius 2 is 1.70 bits per heavy atom. The van der Waals surface area contributed by atoms with Gasteiger partial charge < -0.3 is 19.6 Å². The minimum absolute atomic E-state index is 0.0267. The maximum Gasteiger partial charge on any atom is 0.193 e. The molecule has 0 radical (unpaired) electrons. The number of ketones is 1. The van der Waals surface area contributed by atoms with Crippen molar-refractivity contribution in [3.63, 3.8) is 0 Å². The van der Waals surface area contributed by atoms with Gasteiger partial charge in [-0.2, -0.15) is 0 Å². The van der Waals surface area contributed by atoms with E-state index in [0.717, 1.165) is 33.6 Å². The van der Waals surface area contributed by atoms with Gasteiger partial charge in [-0.25, -0.2) is 0 Å². The average Bonchev–Trinajstić information content (AvgIpc) is 2.75. The number of rotatable bonds is 9. The fourth-order valence-electron chi connectivity index (χ4n) is 3.70. The highest BCUT2D eigenvalue weighted by Gasteiger charge is 2.37. The van der Waals surface area contributed by atoms with E-state index in [-0.39, 0.29) is 11.2 Å². The van der Waals surface area contributed by atoms with E-state index in [9.17, 15) is 4.79 Å². The molecule has 0 saturated carbocycles. The van der Waals surface area contributed by atoms with Crippen LogP contribution in [0.15, 0.2) is 48.0 Å². The quantitative estimate of drug-likeness (QED) is 0.484. The Morgan fingerprint density at radius 3 is 2.37 bits per heavy atom. The normalized spacial score (nSPS) is 15.1. The Labute approximate surface area is 178 Å². The van der Waals surface area contributed by atoms with Crippen LogP contribution in [-0.4, -0.2) is 45.5 Å². The maximum absolute atomic E-state index is 13.4. The summed E-state index contributed by atoms with van der Waals surface area (Å²) in [6, 6.07) is 13.2. The highest BCUT2D eigenvalue weighted by atomic mass is 16.5. The lowest BCUT2D eigenvalue weighted by atomic mass is 9.67. The van der Waals surface area contributed by atoms with Gasteiger partial charge in [0.15, 0.2) is 5.78 Å². The highest BCUT2D eigenvalue weighted by Crippen LogP contribution is 2.44. The SMILES string of the molecule is COCCOCCOc1ccc2c(c1)C(C)(C)C(C)=C(c1ccc(C=N)cc1)C2=O. The molecule has 30 heavy (non-hydrogen) atoms. The number of allylic oxidation sites excluding steroid dienone is 2. The molecule has 0 aliphatic heterocycles. The van der Waals surface area contributed by atoms with Crippen LogP contribution in [0.3, 0.4) is 0 Å². The van der Waals surface area contributed by atoms with E-state index in [4.69, 9.17) is 19.6 Å². The molecule has 0 amide bonds. The van der Waals surface area contributed by atoms with Crippen LogP contribution in [0, 0.1) is 5.41 Å². The lowest BCUT2D eigenvalue weighted by molar-refractivity contribution is 0.0544. The van der Waals surface area contributed by atoms with Gasteiger partial charge in [0.25, 0.3) is 0 Å². The summed E-state index contributed by atoms with van der Waals surface area (Å²) in [4.78, 5) is 13.4. The molecule has 158 valence electrons. The van der Waals surface area contributed by atoms with Crippen LogP contribution in [-0.2, 0) is 14.9 Å². The second-order valence-corrected chi connectivity index (χ2v) is 7.88. The number of ether oxygens (including phenoxy) is 3. The molecule has 2 aromatic rings. The van der Waals surface area contributed by atoms with E-state index in [2.05, 4.69) is 13.8 Å². The molecule has 0 spiro atoms. The molecule has 0 saturated heterocycles. The lowest BCUT2D eigenvalue weighted by Gasteiger charge is -2.35. The van der Waals surface area contributed by atoms with Gasteiger partial charge in [0, 0.05) is 29.9 Å². The fourth-order valence-corrected chi connectivity index (χ4v) is 3.70. The Hall–Kier alpha value is -2.76. The van der Waals surface area contributed by atoms with Gasteiger partial charge in [0.2, 0.25) is 0 Å². The Balaban J connectivity index is 1.85. The molecular formula is C25H29NO4. The van der Waals surface area contributed by atoms with E-state index in [1.165, 1.54) is 6.21 Å². The highest BCUT2D eigenvalue weighted by molar-refractivity contribution is 6.31. The van der Waals surface area contributed by atoms with E-state index < -0.39 is 0 Å². The molecule has 3 rings (SSSR count). The molecule has 5 nitrogen and oxygen atoms in total. The predicted octanol–water partition coefficient (Wildman–Crippen LogP) is 4.67. The number of fused-ring (bicyclic) bond motifs is 1. The molecule has 0 bridgehead atoms. The third-order valence-electron chi connectivity index (χ3n) is 5.74. The first-order valence-electron chi connectivity index (χ1n) is 10.1. The van der Waals surface area contributed by atoms with Crippen molar-refractivity contribution < 1.29 is 19.0 Å². The van der Waals surface area contributed by atoms with Crippen molar-refractivity contribution >= 4 is 17.6 Å². The third kappa shape index (κ3) is 4.37. The van der Waals surface area contributed by atoms with E-state index in [1.807, 2.05) is 49.4 Å². The molecule has 1 aliphatic rings. The summed E-state index contributed by atoms with van der Waals surface area (Å²) in [5.41, 5.74) is 4.84. The zero-order chi connectivity index (χ0) is 21.7. The van der Waals surface area contributed by atoms with Crippen LogP contribution in [0.4, 0.5) is 0 Å². The zero-order valence-electron chi connectivity index (χ0n) is 18.1. The molecule has 1 aliphatic carbocycles. The van der Waals surface area contributed by atoms with Crippen LogP contribution >= 0.6 is 0 Å². The van der Waals surface area contributed by atoms with Gasteiger partial charge in [-0.1, -0.05) is 43.7 Å². The van der Waals surface area contributed by atoms with Crippen LogP contribution < -0.4 is 4.74 Å². The minimum Gasteiger partial charge on any atom is -0.491 e. The second kappa shape index (κ2) is 9.37. The minimum atomic E-state index is -0.312. The summed E-state index contributed by atoms with van der Waals surface area (Å²) in [5, 5.41) is 7.38. The van der Waals surface area contributed by atoms with Gasteiger partial charge in [0.05, 0.1) is 19.8 Å². The monoisotopic (exact) mass is 407 g/mol. The molecule has 0 fully saturated rings. The second-order valence-electron chi connectivity index (χ2n) is 7.88. The molecule has 0 heterocycles. The number of Topliss-reactive ketones (excluding diaryl/α,β-unsaturated/α-hetero) is 1. The van der Waals surface area contributed by atoms with Crippen molar-refractivity contribution in [1.82, 2.24) is 0 Å². The number of benzene rings is 2. The summed E-state index contributed by atoms with van der Waals surface area (Å²) in [6.45, 7) is 8.33. The van der Waals surface area contributed by atoms with Crippen molar-refractivity contribution in [3.05, 3.63) is 70.3 Å². The van der Waals surface area contributed by atoms with Gasteiger partial charge in [-0.15, -0.1) is 0 Å². The molecule has 2 aromatic carbocycles. The first-order chi connectivity index (χ1) is 14.4. The summed E-state index contributed by atoms with van der Waals surface area (Å²) in [6.07, 6.45) is 1.30. The summed E-state index contributed by atoms with van der Waals surface area (Å²) >= 11 is 0. The first kappa shape index (κ1) is 21.9. The van der Waals surface area contributed by atoms with Crippen LogP contribution in [0.5, 0.6) is 5.75 Å². The summed E-state index contributed by atoms with van der Waals surface area (Å²) < 4.78 is 16.2. The molecule has 1 N–H and O–H groups in total. The van der Waals surface area contributed by atoms with Gasteiger partial charge in [-0.3, -0.25) is 4.79 Å². The Morgan fingerprint density at radius 1 is 1.00 bits per heavy atom. The number of carbonyl (C=O) groups is 1. The number of hydrogen-bond acceptors (Lipinski definition) is 5. The van der Waals surface area contributed by atoms with E-state index in [0.29, 0.717) is 32.0 Å². The largest absolute Gasteiger partial charge is 0.491 e. The fraction of sp³-hybridized carbons (Fsp3) is 0.360. The average molecular weight is 408 g/mol. The number of methoxy groups -OCH3 is 1. The van der Waals surface area contributed by atoms with E-state index in [1.54, 1.807) is 7.11 Å². The topological polar surface area (TPSA) is 68.6 Å². The number of carbonyl (C=O) groups excluding carboxylic acids is 1. The Kier molecular flexibility index (Phi) is 6.85. The van der Waals surface area contributed by atoms with E-state index >= 15 is 0 Å². The lowest BCUT2D eigenvalue weighted by Crippen LogP contribution is -2.29. The van der Waals surface area contributed by atoms with Crippen molar-refractivity contribution in [2.75, 3.05) is 33.5 Å². The van der Waals surface area contributed by atoms with Crippen molar-refractivity contribution in [2.45, 2.75) is 26.2 Å². The van der Waals surface area contributed by atoms with Gasteiger partial charge in [0.1, 0.15) is 12.4 Å². The standard InChI is InChI=1S/C25H29NO4/c1-17-23(19-7-5-18(16-26)6-8-19)24(27)21-10-9-20(15-22(21)25(17,2)3)30-14-13-29-12-11-28-4/h5-10,15-16,26H,11-14H2,1-4H3. The smallest absolute Gasteiger partial charge is 0.193 e. The third-order valence-corrected chi connectivity index (χ3v) is 5.74. The zero-order valence-corrected chi connectivity index (χ0v) is 18.1. The van der Waals surface area contributed by atoms with Gasteiger partial charge >= 0.3 is 0 Å². The summed E-state index contributed by atoms with van der Waals surface area (Å²) in [5.74, 6) is 0.760. The van der Waals surface area contributed by atoms with Crippen LogP contribution in [0.1, 0.15) is 47.8 Å². The molecule has 5 heteroatoms. The van der Waals surface area contributed by atoms with Gasteiger partial charge in [-0.05, 0) is 41.8 Å². The molecule has 0 aromatic heterocycles. The summed E-state index contributed by atoms with van der Waals surface area (Å²) in [7, 11) is 1.64. The maximum atomic E-state index is 13.4. The molecule has 0 unspecified atom stereocenters. The van der Waals surface area contributed by atoms with Crippen LogP contribution in [0.25, 0.3) is 5.57 Å². The Bertz CT molecular complexity index is 958. The number of nitrogens with one attached hydrogen (secondary N) is 1. The first-order valence-corrected chi connectivity index (χ1v) is 10.1. The van der Waals surface area contributed by atoms with Crippen LogP contribution in [0.2, 0.25) is 0 Å². The van der Waals surface area contributed by atoms with Crippen molar-refractivity contribution in [3.8, 4) is 5.75 Å².